The van der Waals surface area contributed by atoms with Crippen molar-refractivity contribution in [2.45, 2.75) is 25.8 Å². The first kappa shape index (κ1) is 8.75. The average Bonchev–Trinajstić information content (AvgIpc) is 2.39. The summed E-state index contributed by atoms with van der Waals surface area (Å²) < 4.78 is 5.42. The van der Waals surface area contributed by atoms with Gasteiger partial charge in [-0.1, -0.05) is 12.2 Å². The summed E-state index contributed by atoms with van der Waals surface area (Å²) in [4.78, 5) is 0. The molecule has 1 aliphatic rings. The Balaban J connectivity index is 1.98. The Labute approximate surface area is 68.6 Å². The molecule has 2 nitrogen and oxygen atoms in total. The monoisotopic (exact) mass is 155 g/mol. The van der Waals surface area contributed by atoms with Gasteiger partial charge in [0.1, 0.15) is 0 Å². The maximum Gasteiger partial charge on any atom is 0.0672 e. The van der Waals surface area contributed by atoms with Crippen molar-refractivity contribution in [3.63, 3.8) is 0 Å². The third-order valence-corrected chi connectivity index (χ3v) is 1.83. The quantitative estimate of drug-likeness (QED) is 0.618. The normalized spacial score (nSPS) is 23.9. The molecule has 0 spiro atoms. The molecule has 1 heterocycles. The number of hydrogen-bond acceptors (Lipinski definition) is 2. The molecule has 1 rings (SSSR count). The molecule has 0 saturated carbocycles. The maximum atomic E-state index is 5.42. The van der Waals surface area contributed by atoms with Gasteiger partial charge in [0.15, 0.2) is 0 Å². The highest BCUT2D eigenvalue weighted by molar-refractivity contribution is 4.87. The summed E-state index contributed by atoms with van der Waals surface area (Å²) in [5.41, 5.74) is 1.10. The van der Waals surface area contributed by atoms with Gasteiger partial charge in [-0.05, 0) is 26.3 Å². The lowest BCUT2D eigenvalue weighted by atomic mass is 10.2. The van der Waals surface area contributed by atoms with Crippen molar-refractivity contribution in [2.75, 3.05) is 19.8 Å². The van der Waals surface area contributed by atoms with Gasteiger partial charge in [0.05, 0.1) is 13.2 Å². The minimum absolute atomic E-state index is 0.592. The molecule has 1 N–H and O–H groups in total. The summed E-state index contributed by atoms with van der Waals surface area (Å²) in [6, 6.07) is 0.592. The van der Waals surface area contributed by atoms with Crippen LogP contribution in [-0.4, -0.2) is 25.8 Å². The van der Waals surface area contributed by atoms with Crippen LogP contribution in [0.15, 0.2) is 12.2 Å². The third-order valence-electron chi connectivity index (χ3n) is 1.83. The summed E-state index contributed by atoms with van der Waals surface area (Å²) in [6.45, 7) is 8.46. The van der Waals surface area contributed by atoms with Crippen LogP contribution in [0.2, 0.25) is 0 Å². The van der Waals surface area contributed by atoms with E-state index in [-0.39, 0.29) is 0 Å². The van der Waals surface area contributed by atoms with E-state index in [1.165, 1.54) is 12.8 Å². The first-order valence-corrected chi connectivity index (χ1v) is 4.24. The van der Waals surface area contributed by atoms with Gasteiger partial charge in [-0.3, -0.25) is 0 Å². The average molecular weight is 155 g/mol. The van der Waals surface area contributed by atoms with Crippen LogP contribution in [0.1, 0.15) is 19.8 Å². The second-order valence-electron chi connectivity index (χ2n) is 3.27. The molecular formula is C9H17NO. The van der Waals surface area contributed by atoms with Gasteiger partial charge >= 0.3 is 0 Å². The van der Waals surface area contributed by atoms with Crippen LogP contribution >= 0.6 is 0 Å². The molecule has 0 radical (unpaired) electrons. The van der Waals surface area contributed by atoms with E-state index in [1.807, 2.05) is 6.92 Å². The van der Waals surface area contributed by atoms with E-state index in [0.29, 0.717) is 12.6 Å². The van der Waals surface area contributed by atoms with Gasteiger partial charge in [0.25, 0.3) is 0 Å². The van der Waals surface area contributed by atoms with Crippen LogP contribution in [0.25, 0.3) is 0 Å². The minimum Gasteiger partial charge on any atom is -0.376 e. The summed E-state index contributed by atoms with van der Waals surface area (Å²) in [5.74, 6) is 0. The van der Waals surface area contributed by atoms with E-state index in [2.05, 4.69) is 11.9 Å². The summed E-state index contributed by atoms with van der Waals surface area (Å²) in [7, 11) is 0. The van der Waals surface area contributed by atoms with E-state index in [4.69, 9.17) is 4.74 Å². The zero-order valence-corrected chi connectivity index (χ0v) is 7.23. The summed E-state index contributed by atoms with van der Waals surface area (Å²) >= 11 is 0. The minimum atomic E-state index is 0.592. The van der Waals surface area contributed by atoms with Crippen LogP contribution in [-0.2, 0) is 4.74 Å². The largest absolute Gasteiger partial charge is 0.376 e. The highest BCUT2D eigenvalue weighted by Crippen LogP contribution is 2.05. The van der Waals surface area contributed by atoms with E-state index in [1.54, 1.807) is 0 Å². The van der Waals surface area contributed by atoms with Gasteiger partial charge in [-0.2, -0.15) is 0 Å². The molecule has 1 unspecified atom stereocenters. The Hall–Kier alpha value is -0.340. The number of nitrogens with one attached hydrogen (secondary N) is 1. The van der Waals surface area contributed by atoms with Crippen molar-refractivity contribution < 1.29 is 4.74 Å². The predicted octanol–water partition coefficient (Wildman–Crippen LogP) is 1.33. The SMILES string of the molecule is C=C(C)COCC1CCCN1. The topological polar surface area (TPSA) is 21.3 Å². The molecule has 0 bridgehead atoms. The van der Waals surface area contributed by atoms with Gasteiger partial charge in [0, 0.05) is 6.04 Å². The molecule has 1 fully saturated rings. The number of hydrogen-bond donors (Lipinski definition) is 1. The Morgan fingerprint density at radius 3 is 3.09 bits per heavy atom. The second-order valence-corrected chi connectivity index (χ2v) is 3.27. The highest BCUT2D eigenvalue weighted by atomic mass is 16.5. The molecule has 0 amide bonds. The van der Waals surface area contributed by atoms with E-state index >= 15 is 0 Å². The molecule has 1 atom stereocenters. The van der Waals surface area contributed by atoms with Crippen LogP contribution < -0.4 is 5.32 Å². The number of ether oxygens (including phenoxy) is 1. The molecule has 0 aliphatic carbocycles. The Bertz CT molecular complexity index is 128. The molecule has 1 aliphatic heterocycles. The fraction of sp³-hybridized carbons (Fsp3) is 0.778. The lowest BCUT2D eigenvalue weighted by Gasteiger charge is -2.09. The standard InChI is InChI=1S/C9H17NO/c1-8(2)6-11-7-9-4-3-5-10-9/h9-10H,1,3-7H2,2H3. The smallest absolute Gasteiger partial charge is 0.0672 e. The van der Waals surface area contributed by atoms with E-state index in [9.17, 15) is 0 Å². The Morgan fingerprint density at radius 1 is 1.73 bits per heavy atom. The van der Waals surface area contributed by atoms with Gasteiger partial charge in [-0.25, -0.2) is 0 Å². The van der Waals surface area contributed by atoms with Crippen molar-refractivity contribution in [2.24, 2.45) is 0 Å². The molecule has 0 aromatic rings. The van der Waals surface area contributed by atoms with Crippen molar-refractivity contribution in [1.82, 2.24) is 5.32 Å². The van der Waals surface area contributed by atoms with Crippen molar-refractivity contribution in [3.05, 3.63) is 12.2 Å². The number of rotatable bonds is 4. The van der Waals surface area contributed by atoms with Gasteiger partial charge in [-0.15, -0.1) is 0 Å². The predicted molar refractivity (Wildman–Crippen MR) is 46.7 cm³/mol. The first-order chi connectivity index (χ1) is 5.29. The molecule has 0 aromatic carbocycles. The molecule has 0 aromatic heterocycles. The lowest BCUT2D eigenvalue weighted by molar-refractivity contribution is 0.136. The van der Waals surface area contributed by atoms with Crippen molar-refractivity contribution in [3.8, 4) is 0 Å². The van der Waals surface area contributed by atoms with Crippen LogP contribution in [0, 0.1) is 0 Å². The lowest BCUT2D eigenvalue weighted by Crippen LogP contribution is -2.26. The Kier molecular flexibility index (Phi) is 3.60. The zero-order valence-electron chi connectivity index (χ0n) is 7.23. The van der Waals surface area contributed by atoms with Gasteiger partial charge in [0.2, 0.25) is 0 Å². The zero-order chi connectivity index (χ0) is 8.10. The first-order valence-electron chi connectivity index (χ1n) is 4.24. The molecule has 2 heteroatoms. The summed E-state index contributed by atoms with van der Waals surface area (Å²) in [5, 5.41) is 3.38. The van der Waals surface area contributed by atoms with E-state index in [0.717, 1.165) is 18.7 Å². The van der Waals surface area contributed by atoms with Crippen molar-refractivity contribution >= 4 is 0 Å². The fourth-order valence-electron chi connectivity index (χ4n) is 1.27. The Morgan fingerprint density at radius 2 is 2.55 bits per heavy atom. The maximum absolute atomic E-state index is 5.42. The molecule has 64 valence electrons. The highest BCUT2D eigenvalue weighted by Gasteiger charge is 2.13. The third kappa shape index (κ3) is 3.54. The van der Waals surface area contributed by atoms with Crippen molar-refractivity contribution in [1.29, 1.82) is 0 Å². The second kappa shape index (κ2) is 4.52. The van der Waals surface area contributed by atoms with Gasteiger partial charge < -0.3 is 10.1 Å². The molecule has 1 saturated heterocycles. The van der Waals surface area contributed by atoms with Crippen LogP contribution in [0.4, 0.5) is 0 Å². The van der Waals surface area contributed by atoms with Crippen LogP contribution in [0.3, 0.4) is 0 Å². The van der Waals surface area contributed by atoms with E-state index < -0.39 is 0 Å². The molecule has 11 heavy (non-hydrogen) atoms. The fourth-order valence-corrected chi connectivity index (χ4v) is 1.27. The van der Waals surface area contributed by atoms with Crippen LogP contribution in [0.5, 0.6) is 0 Å². The molecular weight excluding hydrogens is 138 g/mol. The summed E-state index contributed by atoms with van der Waals surface area (Å²) in [6.07, 6.45) is 2.55.